The minimum Gasteiger partial charge on any atom is -0.383 e. The molecule has 0 fully saturated rings. The largest absolute Gasteiger partial charge is 0.383 e. The summed E-state index contributed by atoms with van der Waals surface area (Å²) in [5.74, 6) is 2.09. The van der Waals surface area contributed by atoms with Crippen molar-refractivity contribution in [2.75, 3.05) is 5.73 Å². The molecule has 2 aromatic rings. The zero-order valence-electron chi connectivity index (χ0n) is 12.6. The Morgan fingerprint density at radius 3 is 2.47 bits per heavy atom. The molecule has 0 unspecified atom stereocenters. The van der Waals surface area contributed by atoms with E-state index < -0.39 is 0 Å². The summed E-state index contributed by atoms with van der Waals surface area (Å²) in [6.45, 7) is 11.7. The Balaban J connectivity index is 2.45. The third kappa shape index (κ3) is 2.57. The zero-order valence-corrected chi connectivity index (χ0v) is 12.6. The van der Waals surface area contributed by atoms with Crippen LogP contribution in [0.25, 0.3) is 11.0 Å². The third-order valence-corrected chi connectivity index (χ3v) is 3.77. The number of hydrogen-bond acceptors (Lipinski definition) is 3. The highest BCUT2D eigenvalue weighted by Gasteiger charge is 2.15. The topological polar surface area (TPSA) is 56.7 Å². The molecule has 0 bridgehead atoms. The van der Waals surface area contributed by atoms with Gasteiger partial charge in [0.15, 0.2) is 0 Å². The Labute approximate surface area is 115 Å². The van der Waals surface area contributed by atoms with Crippen molar-refractivity contribution >= 4 is 16.9 Å². The zero-order chi connectivity index (χ0) is 14.2. The SMILES string of the molecule is Cc1nc(N)c2c(C)c(C)n(CCCC(C)C)c2n1. The van der Waals surface area contributed by atoms with Gasteiger partial charge in [-0.3, -0.25) is 0 Å². The summed E-state index contributed by atoms with van der Waals surface area (Å²) < 4.78 is 2.29. The minimum absolute atomic E-state index is 0.603. The number of anilines is 1. The molecule has 0 saturated heterocycles. The molecule has 0 aromatic carbocycles. The van der Waals surface area contributed by atoms with E-state index in [4.69, 9.17) is 5.73 Å². The summed E-state index contributed by atoms with van der Waals surface area (Å²) in [7, 11) is 0. The quantitative estimate of drug-likeness (QED) is 0.917. The number of nitrogens with zero attached hydrogens (tertiary/aromatic N) is 3. The van der Waals surface area contributed by atoms with Crippen LogP contribution in [0.15, 0.2) is 0 Å². The smallest absolute Gasteiger partial charge is 0.146 e. The predicted octanol–water partition coefficient (Wildman–Crippen LogP) is 3.37. The Bertz CT molecular complexity index is 596. The Morgan fingerprint density at radius 1 is 1.16 bits per heavy atom. The van der Waals surface area contributed by atoms with Crippen molar-refractivity contribution in [3.05, 3.63) is 17.1 Å². The average Bonchev–Trinajstić information content (AvgIpc) is 2.53. The lowest BCUT2D eigenvalue weighted by Crippen LogP contribution is -2.04. The van der Waals surface area contributed by atoms with Gasteiger partial charge in [-0.25, -0.2) is 9.97 Å². The highest BCUT2D eigenvalue weighted by Crippen LogP contribution is 2.28. The second kappa shape index (κ2) is 5.19. The highest BCUT2D eigenvalue weighted by atomic mass is 15.1. The number of hydrogen-bond donors (Lipinski definition) is 1. The van der Waals surface area contributed by atoms with Gasteiger partial charge in [-0.15, -0.1) is 0 Å². The first-order valence-corrected chi connectivity index (χ1v) is 7.01. The molecule has 2 aromatic heterocycles. The number of nitrogens with two attached hydrogens (primary N) is 1. The van der Waals surface area contributed by atoms with E-state index in [1.165, 1.54) is 24.1 Å². The van der Waals surface area contributed by atoms with Crippen molar-refractivity contribution in [3.8, 4) is 0 Å². The Morgan fingerprint density at radius 2 is 1.84 bits per heavy atom. The summed E-state index contributed by atoms with van der Waals surface area (Å²) in [5, 5.41) is 1.02. The molecule has 0 amide bonds. The molecule has 0 atom stereocenters. The van der Waals surface area contributed by atoms with Crippen LogP contribution >= 0.6 is 0 Å². The third-order valence-electron chi connectivity index (χ3n) is 3.77. The van der Waals surface area contributed by atoms with Crippen LogP contribution in [0.5, 0.6) is 0 Å². The maximum atomic E-state index is 6.05. The summed E-state index contributed by atoms with van der Waals surface area (Å²) >= 11 is 0. The molecule has 0 saturated carbocycles. The maximum Gasteiger partial charge on any atom is 0.146 e. The molecule has 0 radical (unpaired) electrons. The van der Waals surface area contributed by atoms with Crippen LogP contribution in [0.2, 0.25) is 0 Å². The first-order chi connectivity index (χ1) is 8.91. The summed E-state index contributed by atoms with van der Waals surface area (Å²) in [4.78, 5) is 8.87. The van der Waals surface area contributed by atoms with Gasteiger partial charge in [-0.2, -0.15) is 0 Å². The van der Waals surface area contributed by atoms with Gasteiger partial charge >= 0.3 is 0 Å². The normalized spacial score (nSPS) is 11.7. The molecule has 2 heterocycles. The van der Waals surface area contributed by atoms with Gasteiger partial charge in [0.25, 0.3) is 0 Å². The first kappa shape index (κ1) is 13.8. The fourth-order valence-corrected chi connectivity index (χ4v) is 2.61. The second-order valence-electron chi connectivity index (χ2n) is 5.75. The van der Waals surface area contributed by atoms with E-state index in [-0.39, 0.29) is 0 Å². The number of aryl methyl sites for hydroxylation is 3. The van der Waals surface area contributed by atoms with Crippen LogP contribution in [0.4, 0.5) is 5.82 Å². The van der Waals surface area contributed by atoms with E-state index in [1.807, 2.05) is 6.92 Å². The van der Waals surface area contributed by atoms with E-state index in [0.717, 1.165) is 29.3 Å². The van der Waals surface area contributed by atoms with Gasteiger partial charge < -0.3 is 10.3 Å². The van der Waals surface area contributed by atoms with Crippen LogP contribution in [-0.4, -0.2) is 14.5 Å². The van der Waals surface area contributed by atoms with Gasteiger partial charge in [0.05, 0.1) is 5.39 Å². The fraction of sp³-hybridized carbons (Fsp3) is 0.600. The molecule has 2 rings (SSSR count). The first-order valence-electron chi connectivity index (χ1n) is 7.01. The summed E-state index contributed by atoms with van der Waals surface area (Å²) in [5.41, 5.74) is 9.50. The molecule has 19 heavy (non-hydrogen) atoms. The molecule has 4 heteroatoms. The monoisotopic (exact) mass is 260 g/mol. The average molecular weight is 260 g/mol. The highest BCUT2D eigenvalue weighted by molar-refractivity contribution is 5.91. The van der Waals surface area contributed by atoms with Crippen LogP contribution in [0.3, 0.4) is 0 Å². The standard InChI is InChI=1S/C15H24N4/c1-9(2)7-6-8-19-11(4)10(3)13-14(16)17-12(5)18-15(13)19/h9H,6-8H2,1-5H3,(H2,16,17,18). The lowest BCUT2D eigenvalue weighted by atomic mass is 10.1. The van der Waals surface area contributed by atoms with Crippen molar-refractivity contribution < 1.29 is 0 Å². The number of nitrogen functional groups attached to an aromatic ring is 1. The Kier molecular flexibility index (Phi) is 3.78. The molecule has 2 N–H and O–H groups in total. The molecule has 0 aliphatic heterocycles. The molecule has 0 aliphatic rings. The molecule has 0 aliphatic carbocycles. The van der Waals surface area contributed by atoms with Gasteiger partial charge in [0.1, 0.15) is 17.3 Å². The molecule has 104 valence electrons. The van der Waals surface area contributed by atoms with Crippen molar-refractivity contribution in [3.63, 3.8) is 0 Å². The van der Waals surface area contributed by atoms with Gasteiger partial charge in [0, 0.05) is 12.2 Å². The molecular formula is C15H24N4. The minimum atomic E-state index is 0.603. The summed E-state index contributed by atoms with van der Waals surface area (Å²) in [6.07, 6.45) is 2.41. The van der Waals surface area contributed by atoms with E-state index in [2.05, 4.69) is 42.2 Å². The molecule has 4 nitrogen and oxygen atoms in total. The van der Waals surface area contributed by atoms with E-state index in [0.29, 0.717) is 5.82 Å². The Hall–Kier alpha value is -1.58. The van der Waals surface area contributed by atoms with E-state index >= 15 is 0 Å². The molecular weight excluding hydrogens is 236 g/mol. The fourth-order valence-electron chi connectivity index (χ4n) is 2.61. The van der Waals surface area contributed by atoms with Crippen molar-refractivity contribution in [1.29, 1.82) is 0 Å². The van der Waals surface area contributed by atoms with Crippen molar-refractivity contribution in [1.82, 2.24) is 14.5 Å². The van der Waals surface area contributed by atoms with Crippen molar-refractivity contribution in [2.24, 2.45) is 5.92 Å². The van der Waals surface area contributed by atoms with Crippen LogP contribution in [-0.2, 0) is 6.54 Å². The lowest BCUT2D eigenvalue weighted by molar-refractivity contribution is 0.513. The van der Waals surface area contributed by atoms with E-state index in [1.54, 1.807) is 0 Å². The van der Waals surface area contributed by atoms with Gasteiger partial charge in [-0.1, -0.05) is 13.8 Å². The van der Waals surface area contributed by atoms with E-state index in [9.17, 15) is 0 Å². The second-order valence-corrected chi connectivity index (χ2v) is 5.75. The number of aromatic nitrogens is 3. The van der Waals surface area contributed by atoms with Gasteiger partial charge in [-0.05, 0) is 45.1 Å². The predicted molar refractivity (Wildman–Crippen MR) is 80.2 cm³/mol. The van der Waals surface area contributed by atoms with Crippen LogP contribution in [0, 0.1) is 26.7 Å². The number of fused-ring (bicyclic) bond motifs is 1. The number of rotatable bonds is 4. The van der Waals surface area contributed by atoms with Crippen LogP contribution in [0.1, 0.15) is 43.8 Å². The molecule has 0 spiro atoms. The summed E-state index contributed by atoms with van der Waals surface area (Å²) in [6, 6.07) is 0. The van der Waals surface area contributed by atoms with Gasteiger partial charge in [0.2, 0.25) is 0 Å². The van der Waals surface area contributed by atoms with Crippen molar-refractivity contribution in [2.45, 2.75) is 54.0 Å². The maximum absolute atomic E-state index is 6.05. The lowest BCUT2D eigenvalue weighted by Gasteiger charge is -2.09. The van der Waals surface area contributed by atoms with Crippen LogP contribution < -0.4 is 5.73 Å².